The number of rotatable bonds is 7. The first-order chi connectivity index (χ1) is 8.22. The molecule has 0 amide bonds. The highest BCUT2D eigenvalue weighted by molar-refractivity contribution is 4.83. The molecule has 0 aromatic carbocycles. The summed E-state index contributed by atoms with van der Waals surface area (Å²) < 4.78 is 5.35. The molecule has 0 aromatic rings. The summed E-state index contributed by atoms with van der Waals surface area (Å²) in [4.78, 5) is 5.12. The third-order valence-electron chi connectivity index (χ3n) is 3.82. The Morgan fingerprint density at radius 1 is 1.41 bits per heavy atom. The van der Waals surface area contributed by atoms with Crippen molar-refractivity contribution in [3.8, 4) is 0 Å². The van der Waals surface area contributed by atoms with Crippen molar-refractivity contribution < 1.29 is 4.74 Å². The quantitative estimate of drug-likeness (QED) is 0.717. The van der Waals surface area contributed by atoms with Crippen molar-refractivity contribution in [2.24, 2.45) is 5.73 Å². The molecule has 1 heterocycles. The predicted octanol–water partition coefficient (Wildman–Crippen LogP) is 0.766. The normalized spacial score (nSPS) is 25.1. The lowest BCUT2D eigenvalue weighted by Crippen LogP contribution is -2.55. The predicted molar refractivity (Wildman–Crippen MR) is 72.2 cm³/mol. The fourth-order valence-electron chi connectivity index (χ4n) is 2.74. The van der Waals surface area contributed by atoms with E-state index in [1.165, 1.54) is 6.54 Å². The number of methoxy groups -OCH3 is 1. The highest BCUT2D eigenvalue weighted by atomic mass is 16.5. The number of piperazine rings is 1. The molecule has 1 fully saturated rings. The highest BCUT2D eigenvalue weighted by Gasteiger charge is 2.27. The first-order valence-electron chi connectivity index (χ1n) is 6.90. The van der Waals surface area contributed by atoms with Gasteiger partial charge in [-0.25, -0.2) is 0 Å². The van der Waals surface area contributed by atoms with E-state index < -0.39 is 0 Å². The standard InChI is InChI=1S/C13H29N3O/c1-4-15-8-9-16(10-12(15)2)13(11-17-3)6-5-7-14/h12-13H,4-11,14H2,1-3H3. The summed E-state index contributed by atoms with van der Waals surface area (Å²) in [6.45, 7) is 10.8. The van der Waals surface area contributed by atoms with E-state index in [-0.39, 0.29) is 0 Å². The molecule has 0 aromatic heterocycles. The molecule has 1 aliphatic heterocycles. The van der Waals surface area contributed by atoms with Crippen molar-refractivity contribution in [2.45, 2.75) is 38.8 Å². The molecule has 0 saturated carbocycles. The first kappa shape index (κ1) is 14.9. The van der Waals surface area contributed by atoms with Gasteiger partial charge in [-0.05, 0) is 32.9 Å². The topological polar surface area (TPSA) is 41.7 Å². The molecule has 4 nitrogen and oxygen atoms in total. The smallest absolute Gasteiger partial charge is 0.0618 e. The van der Waals surface area contributed by atoms with Crippen LogP contribution in [0.4, 0.5) is 0 Å². The molecule has 1 rings (SSSR count). The van der Waals surface area contributed by atoms with Crippen LogP contribution in [-0.2, 0) is 4.74 Å². The maximum Gasteiger partial charge on any atom is 0.0618 e. The molecule has 2 atom stereocenters. The maximum absolute atomic E-state index is 5.61. The Morgan fingerprint density at radius 3 is 2.71 bits per heavy atom. The molecule has 1 saturated heterocycles. The molecule has 0 spiro atoms. The number of hydrogen-bond acceptors (Lipinski definition) is 4. The van der Waals surface area contributed by atoms with Crippen LogP contribution in [0.15, 0.2) is 0 Å². The molecule has 102 valence electrons. The molecule has 4 heteroatoms. The summed E-state index contributed by atoms with van der Waals surface area (Å²) in [5, 5.41) is 0. The Bertz CT molecular complexity index is 201. The van der Waals surface area contributed by atoms with E-state index in [9.17, 15) is 0 Å². The van der Waals surface area contributed by atoms with Crippen LogP contribution in [0.2, 0.25) is 0 Å². The van der Waals surface area contributed by atoms with Gasteiger partial charge in [0, 0.05) is 38.8 Å². The number of nitrogens with zero attached hydrogens (tertiary/aromatic N) is 2. The third kappa shape index (κ3) is 4.54. The molecular formula is C13H29N3O. The van der Waals surface area contributed by atoms with E-state index in [1.54, 1.807) is 7.11 Å². The lowest BCUT2D eigenvalue weighted by Gasteiger charge is -2.42. The number of ether oxygens (including phenoxy) is 1. The number of nitrogens with two attached hydrogens (primary N) is 1. The Hall–Kier alpha value is -0.160. The Labute approximate surface area is 106 Å². The summed E-state index contributed by atoms with van der Waals surface area (Å²) in [7, 11) is 1.79. The lowest BCUT2D eigenvalue weighted by molar-refractivity contribution is 0.0230. The molecule has 0 bridgehead atoms. The zero-order chi connectivity index (χ0) is 12.7. The molecule has 17 heavy (non-hydrogen) atoms. The Kier molecular flexibility index (Phi) is 7.04. The minimum atomic E-state index is 0.546. The van der Waals surface area contributed by atoms with E-state index in [0.717, 1.165) is 45.6 Å². The monoisotopic (exact) mass is 243 g/mol. The van der Waals surface area contributed by atoms with Crippen molar-refractivity contribution >= 4 is 0 Å². The largest absolute Gasteiger partial charge is 0.383 e. The maximum atomic E-state index is 5.61. The second-order valence-electron chi connectivity index (χ2n) is 5.01. The first-order valence-corrected chi connectivity index (χ1v) is 6.90. The summed E-state index contributed by atoms with van der Waals surface area (Å²) in [5.41, 5.74) is 5.61. The minimum absolute atomic E-state index is 0.546. The zero-order valence-electron chi connectivity index (χ0n) is 11.7. The van der Waals surface area contributed by atoms with Gasteiger partial charge in [0.05, 0.1) is 6.61 Å². The van der Waals surface area contributed by atoms with E-state index >= 15 is 0 Å². The Morgan fingerprint density at radius 2 is 2.18 bits per heavy atom. The van der Waals surface area contributed by atoms with E-state index in [1.807, 2.05) is 0 Å². The van der Waals surface area contributed by atoms with Gasteiger partial charge in [0.15, 0.2) is 0 Å². The van der Waals surface area contributed by atoms with Crippen LogP contribution in [0.3, 0.4) is 0 Å². The minimum Gasteiger partial charge on any atom is -0.383 e. The summed E-state index contributed by atoms with van der Waals surface area (Å²) >= 11 is 0. The van der Waals surface area contributed by atoms with Crippen LogP contribution in [0.25, 0.3) is 0 Å². The molecule has 1 aliphatic rings. The van der Waals surface area contributed by atoms with Gasteiger partial charge in [0.2, 0.25) is 0 Å². The van der Waals surface area contributed by atoms with E-state index in [4.69, 9.17) is 10.5 Å². The van der Waals surface area contributed by atoms with Crippen LogP contribution in [0.5, 0.6) is 0 Å². The van der Waals surface area contributed by atoms with E-state index in [2.05, 4.69) is 23.6 Å². The SMILES string of the molecule is CCN1CCN(C(CCCN)COC)CC1C. The van der Waals surface area contributed by atoms with E-state index in [0.29, 0.717) is 12.1 Å². The van der Waals surface area contributed by atoms with Crippen LogP contribution in [-0.4, -0.2) is 68.3 Å². The highest BCUT2D eigenvalue weighted by Crippen LogP contribution is 2.15. The van der Waals surface area contributed by atoms with Gasteiger partial charge in [-0.1, -0.05) is 6.92 Å². The summed E-state index contributed by atoms with van der Waals surface area (Å²) in [5.74, 6) is 0. The van der Waals surface area contributed by atoms with Gasteiger partial charge < -0.3 is 10.5 Å². The molecule has 0 radical (unpaired) electrons. The van der Waals surface area contributed by atoms with Crippen molar-refractivity contribution in [2.75, 3.05) is 46.4 Å². The average molecular weight is 243 g/mol. The summed E-state index contributed by atoms with van der Waals surface area (Å²) in [6, 6.07) is 1.20. The second-order valence-corrected chi connectivity index (χ2v) is 5.01. The molecule has 2 N–H and O–H groups in total. The molecular weight excluding hydrogens is 214 g/mol. The van der Waals surface area contributed by atoms with Gasteiger partial charge in [-0.2, -0.15) is 0 Å². The third-order valence-corrected chi connectivity index (χ3v) is 3.82. The van der Waals surface area contributed by atoms with Crippen LogP contribution in [0, 0.1) is 0 Å². The van der Waals surface area contributed by atoms with Crippen molar-refractivity contribution in [3.63, 3.8) is 0 Å². The van der Waals surface area contributed by atoms with Gasteiger partial charge in [0.1, 0.15) is 0 Å². The zero-order valence-corrected chi connectivity index (χ0v) is 11.7. The lowest BCUT2D eigenvalue weighted by atomic mass is 10.1. The van der Waals surface area contributed by atoms with Gasteiger partial charge in [0.25, 0.3) is 0 Å². The second kappa shape index (κ2) is 8.03. The van der Waals surface area contributed by atoms with Crippen molar-refractivity contribution in [1.29, 1.82) is 0 Å². The Balaban J connectivity index is 2.45. The van der Waals surface area contributed by atoms with Crippen LogP contribution in [0.1, 0.15) is 26.7 Å². The average Bonchev–Trinajstić information content (AvgIpc) is 2.34. The van der Waals surface area contributed by atoms with Gasteiger partial charge in [-0.15, -0.1) is 0 Å². The fourth-order valence-corrected chi connectivity index (χ4v) is 2.74. The number of hydrogen-bond donors (Lipinski definition) is 1. The van der Waals surface area contributed by atoms with Gasteiger partial charge >= 0.3 is 0 Å². The van der Waals surface area contributed by atoms with Gasteiger partial charge in [-0.3, -0.25) is 9.80 Å². The van der Waals surface area contributed by atoms with Crippen molar-refractivity contribution in [3.05, 3.63) is 0 Å². The van der Waals surface area contributed by atoms with Crippen molar-refractivity contribution in [1.82, 2.24) is 9.80 Å². The fraction of sp³-hybridized carbons (Fsp3) is 1.00. The summed E-state index contributed by atoms with van der Waals surface area (Å²) in [6.07, 6.45) is 2.25. The van der Waals surface area contributed by atoms with Crippen LogP contribution < -0.4 is 5.73 Å². The number of likely N-dealkylation sites (N-methyl/N-ethyl adjacent to an activating group) is 1. The molecule has 2 unspecified atom stereocenters. The molecule has 0 aliphatic carbocycles. The van der Waals surface area contributed by atoms with Crippen LogP contribution >= 0.6 is 0 Å².